The number of amides is 2. The molecule has 6 heteroatoms. The van der Waals surface area contributed by atoms with Gasteiger partial charge in [0.1, 0.15) is 5.75 Å². The van der Waals surface area contributed by atoms with Gasteiger partial charge in [0.25, 0.3) is 5.91 Å². The third kappa shape index (κ3) is 4.23. The molecule has 1 fully saturated rings. The highest BCUT2D eigenvalue weighted by molar-refractivity contribution is 6.35. The molecular weight excluding hydrogens is 340 g/mol. The highest BCUT2D eigenvalue weighted by Crippen LogP contribution is 2.31. The Bertz CT molecular complexity index is 785. The van der Waals surface area contributed by atoms with E-state index in [-0.39, 0.29) is 24.5 Å². The summed E-state index contributed by atoms with van der Waals surface area (Å²) in [6, 6.07) is 11.3. The van der Waals surface area contributed by atoms with Crippen LogP contribution in [0.4, 0.5) is 0 Å². The summed E-state index contributed by atoms with van der Waals surface area (Å²) < 4.78 is 5.70. The van der Waals surface area contributed by atoms with Gasteiger partial charge < -0.3 is 15.0 Å². The number of likely N-dealkylation sites (tertiary alicyclic amines) is 1. The SMILES string of the molecule is CC(=O)N1CCC(NC(=O)COc2ccc(Cl)c3ccccc23)CC1. The van der Waals surface area contributed by atoms with Crippen molar-refractivity contribution < 1.29 is 14.3 Å². The van der Waals surface area contributed by atoms with Gasteiger partial charge in [0, 0.05) is 41.9 Å². The lowest BCUT2D eigenvalue weighted by molar-refractivity contribution is -0.130. The van der Waals surface area contributed by atoms with E-state index in [0.29, 0.717) is 23.9 Å². The largest absolute Gasteiger partial charge is 0.483 e. The topological polar surface area (TPSA) is 58.6 Å². The van der Waals surface area contributed by atoms with Crippen LogP contribution in [-0.2, 0) is 9.59 Å². The van der Waals surface area contributed by atoms with Crippen molar-refractivity contribution in [1.82, 2.24) is 10.2 Å². The van der Waals surface area contributed by atoms with Crippen LogP contribution in [0.1, 0.15) is 19.8 Å². The summed E-state index contributed by atoms with van der Waals surface area (Å²) in [4.78, 5) is 25.3. The number of carbonyl (C=O) groups is 2. The molecule has 0 bridgehead atoms. The van der Waals surface area contributed by atoms with E-state index in [0.717, 1.165) is 23.6 Å². The normalized spacial score (nSPS) is 15.2. The highest BCUT2D eigenvalue weighted by Gasteiger charge is 2.22. The third-order valence-corrected chi connectivity index (χ3v) is 4.82. The smallest absolute Gasteiger partial charge is 0.258 e. The molecule has 1 saturated heterocycles. The van der Waals surface area contributed by atoms with Crippen LogP contribution in [0.5, 0.6) is 5.75 Å². The summed E-state index contributed by atoms with van der Waals surface area (Å²) in [6.07, 6.45) is 1.55. The van der Waals surface area contributed by atoms with Crippen molar-refractivity contribution in [1.29, 1.82) is 0 Å². The lowest BCUT2D eigenvalue weighted by Gasteiger charge is -2.31. The maximum atomic E-state index is 12.2. The first-order valence-electron chi connectivity index (χ1n) is 8.39. The Labute approximate surface area is 151 Å². The molecule has 1 aliphatic rings. The van der Waals surface area contributed by atoms with E-state index in [1.807, 2.05) is 24.3 Å². The van der Waals surface area contributed by atoms with E-state index < -0.39 is 0 Å². The molecule has 0 radical (unpaired) electrons. The number of fused-ring (bicyclic) bond motifs is 1. The molecule has 132 valence electrons. The van der Waals surface area contributed by atoms with Crippen LogP contribution in [0.15, 0.2) is 36.4 Å². The fraction of sp³-hybridized carbons (Fsp3) is 0.368. The maximum Gasteiger partial charge on any atom is 0.258 e. The van der Waals surface area contributed by atoms with E-state index in [1.54, 1.807) is 24.0 Å². The number of nitrogens with zero attached hydrogens (tertiary/aromatic N) is 1. The Morgan fingerprint density at radius 2 is 1.84 bits per heavy atom. The fourth-order valence-corrected chi connectivity index (χ4v) is 3.34. The molecule has 3 rings (SSSR count). The van der Waals surface area contributed by atoms with Crippen LogP contribution in [0.3, 0.4) is 0 Å². The monoisotopic (exact) mass is 360 g/mol. The van der Waals surface area contributed by atoms with Gasteiger partial charge in [-0.1, -0.05) is 35.9 Å². The predicted molar refractivity (Wildman–Crippen MR) is 97.9 cm³/mol. The van der Waals surface area contributed by atoms with Crippen molar-refractivity contribution in [2.24, 2.45) is 0 Å². The van der Waals surface area contributed by atoms with Gasteiger partial charge in [-0.25, -0.2) is 0 Å². The van der Waals surface area contributed by atoms with Gasteiger partial charge in [-0.2, -0.15) is 0 Å². The number of rotatable bonds is 4. The van der Waals surface area contributed by atoms with Crippen molar-refractivity contribution >= 4 is 34.2 Å². The summed E-state index contributed by atoms with van der Waals surface area (Å²) >= 11 is 6.19. The predicted octanol–water partition coefficient (Wildman–Crippen LogP) is 3.00. The van der Waals surface area contributed by atoms with E-state index >= 15 is 0 Å². The Morgan fingerprint density at radius 1 is 1.16 bits per heavy atom. The zero-order chi connectivity index (χ0) is 17.8. The van der Waals surface area contributed by atoms with Gasteiger partial charge in [0.2, 0.25) is 5.91 Å². The first kappa shape index (κ1) is 17.5. The number of ether oxygens (including phenoxy) is 1. The van der Waals surface area contributed by atoms with Gasteiger partial charge >= 0.3 is 0 Å². The molecule has 25 heavy (non-hydrogen) atoms. The molecule has 1 heterocycles. The van der Waals surface area contributed by atoms with Crippen molar-refractivity contribution in [2.75, 3.05) is 19.7 Å². The van der Waals surface area contributed by atoms with Gasteiger partial charge in [-0.05, 0) is 25.0 Å². The Balaban J connectivity index is 1.55. The van der Waals surface area contributed by atoms with Crippen LogP contribution in [0.2, 0.25) is 5.02 Å². The third-order valence-electron chi connectivity index (χ3n) is 4.50. The number of nitrogens with one attached hydrogen (secondary N) is 1. The maximum absolute atomic E-state index is 12.2. The number of benzene rings is 2. The van der Waals surface area contributed by atoms with Crippen LogP contribution in [0, 0.1) is 0 Å². The number of carbonyl (C=O) groups excluding carboxylic acids is 2. The minimum absolute atomic E-state index is 0.0431. The molecule has 0 aromatic heterocycles. The lowest BCUT2D eigenvalue weighted by atomic mass is 10.1. The van der Waals surface area contributed by atoms with Crippen molar-refractivity contribution in [3.63, 3.8) is 0 Å². The average molecular weight is 361 g/mol. The molecule has 1 aliphatic heterocycles. The van der Waals surface area contributed by atoms with E-state index in [1.165, 1.54) is 0 Å². The van der Waals surface area contributed by atoms with Crippen molar-refractivity contribution in [3.8, 4) is 5.75 Å². The molecule has 0 atom stereocenters. The van der Waals surface area contributed by atoms with Gasteiger partial charge in [-0.15, -0.1) is 0 Å². The standard InChI is InChI=1S/C19H21ClN2O3/c1-13(23)22-10-8-14(9-11-22)21-19(24)12-25-18-7-6-17(20)15-4-2-3-5-16(15)18/h2-7,14H,8-12H2,1H3,(H,21,24). The Morgan fingerprint density at radius 3 is 2.52 bits per heavy atom. The second-order valence-electron chi connectivity index (χ2n) is 6.23. The molecule has 0 aliphatic carbocycles. The fourth-order valence-electron chi connectivity index (χ4n) is 3.11. The molecule has 1 N–H and O–H groups in total. The Kier molecular flexibility index (Phi) is 5.43. The minimum Gasteiger partial charge on any atom is -0.483 e. The molecule has 2 aromatic carbocycles. The second kappa shape index (κ2) is 7.74. The highest BCUT2D eigenvalue weighted by atomic mass is 35.5. The average Bonchev–Trinajstić information content (AvgIpc) is 2.62. The molecule has 0 saturated carbocycles. The quantitative estimate of drug-likeness (QED) is 0.911. The molecule has 2 aromatic rings. The van der Waals surface area contributed by atoms with Gasteiger partial charge in [0.15, 0.2) is 6.61 Å². The first-order valence-corrected chi connectivity index (χ1v) is 8.77. The number of halogens is 1. The van der Waals surface area contributed by atoms with Crippen LogP contribution in [0.25, 0.3) is 10.8 Å². The number of piperidine rings is 1. The van der Waals surface area contributed by atoms with Gasteiger partial charge in [0.05, 0.1) is 0 Å². The molecule has 2 amide bonds. The summed E-state index contributed by atoms with van der Waals surface area (Å²) in [7, 11) is 0. The second-order valence-corrected chi connectivity index (χ2v) is 6.63. The van der Waals surface area contributed by atoms with Crippen LogP contribution < -0.4 is 10.1 Å². The van der Waals surface area contributed by atoms with E-state index in [2.05, 4.69) is 5.32 Å². The first-order chi connectivity index (χ1) is 12.0. The molecule has 0 spiro atoms. The van der Waals surface area contributed by atoms with Crippen LogP contribution in [-0.4, -0.2) is 42.5 Å². The number of hydrogen-bond donors (Lipinski definition) is 1. The van der Waals surface area contributed by atoms with E-state index in [4.69, 9.17) is 16.3 Å². The van der Waals surface area contributed by atoms with Crippen molar-refractivity contribution in [3.05, 3.63) is 41.4 Å². The Hall–Kier alpha value is -2.27. The molecular formula is C19H21ClN2O3. The zero-order valence-electron chi connectivity index (χ0n) is 14.1. The zero-order valence-corrected chi connectivity index (χ0v) is 14.9. The summed E-state index contributed by atoms with van der Waals surface area (Å²) in [5.74, 6) is 0.574. The van der Waals surface area contributed by atoms with Crippen LogP contribution >= 0.6 is 11.6 Å². The molecule has 5 nitrogen and oxygen atoms in total. The number of hydrogen-bond acceptors (Lipinski definition) is 3. The summed E-state index contributed by atoms with van der Waals surface area (Å²) in [5, 5.41) is 5.43. The summed E-state index contributed by atoms with van der Waals surface area (Å²) in [5.41, 5.74) is 0. The van der Waals surface area contributed by atoms with E-state index in [9.17, 15) is 9.59 Å². The van der Waals surface area contributed by atoms with Gasteiger partial charge in [-0.3, -0.25) is 9.59 Å². The summed E-state index contributed by atoms with van der Waals surface area (Å²) in [6.45, 7) is 2.90. The lowest BCUT2D eigenvalue weighted by Crippen LogP contribution is -2.47. The minimum atomic E-state index is -0.152. The molecule has 0 unspecified atom stereocenters. The van der Waals surface area contributed by atoms with Crippen molar-refractivity contribution in [2.45, 2.75) is 25.8 Å².